The fourth-order valence-corrected chi connectivity index (χ4v) is 2.53. The predicted octanol–water partition coefficient (Wildman–Crippen LogP) is 1.92. The molecule has 0 aliphatic carbocycles. The van der Waals surface area contributed by atoms with Crippen LogP contribution in [0.25, 0.3) is 0 Å². The van der Waals surface area contributed by atoms with E-state index in [9.17, 15) is 9.59 Å². The Morgan fingerprint density at radius 3 is 2.71 bits per heavy atom. The molecule has 2 amide bonds. The van der Waals surface area contributed by atoms with Crippen molar-refractivity contribution in [3.05, 3.63) is 48.7 Å². The van der Waals surface area contributed by atoms with Gasteiger partial charge in [-0.3, -0.25) is 4.79 Å². The van der Waals surface area contributed by atoms with Crippen LogP contribution in [0.5, 0.6) is 11.5 Å². The van der Waals surface area contributed by atoms with E-state index >= 15 is 0 Å². The first-order valence-electron chi connectivity index (χ1n) is 7.27. The molecule has 0 bridgehead atoms. The van der Waals surface area contributed by atoms with Gasteiger partial charge in [0.25, 0.3) is 0 Å². The monoisotopic (exact) mass is 332 g/mol. The highest BCUT2D eigenvalue weighted by molar-refractivity contribution is 5.85. The highest BCUT2D eigenvalue weighted by atomic mass is 16.5. The second kappa shape index (κ2) is 7.54. The van der Waals surface area contributed by atoms with Crippen molar-refractivity contribution in [3.8, 4) is 11.5 Å². The molecule has 24 heavy (non-hydrogen) atoms. The third-order valence-corrected chi connectivity index (χ3v) is 3.64. The molecule has 7 heteroatoms. The molecule has 2 atom stereocenters. The summed E-state index contributed by atoms with van der Waals surface area (Å²) in [6, 6.07) is 3.98. The number of ether oxygens (including phenoxy) is 3. The number of hydrogen-bond acceptors (Lipinski definition) is 5. The van der Waals surface area contributed by atoms with Gasteiger partial charge in [0.15, 0.2) is 0 Å². The van der Waals surface area contributed by atoms with Crippen LogP contribution in [0, 0.1) is 5.92 Å². The number of nitrogens with one attached hydrogen (secondary N) is 2. The number of benzene rings is 1. The van der Waals surface area contributed by atoms with Crippen LogP contribution in [-0.2, 0) is 9.53 Å². The van der Waals surface area contributed by atoms with E-state index < -0.39 is 24.0 Å². The Bertz CT molecular complexity index is 671. The first kappa shape index (κ1) is 17.4. The molecule has 128 valence electrons. The number of carbonyl (C=O) groups is 2. The molecule has 7 nitrogen and oxygen atoms in total. The zero-order valence-electron chi connectivity index (χ0n) is 13.6. The van der Waals surface area contributed by atoms with Crippen LogP contribution in [0.4, 0.5) is 4.79 Å². The lowest BCUT2D eigenvalue weighted by molar-refractivity contribution is -0.147. The lowest BCUT2D eigenvalue weighted by atomic mass is 9.88. The number of methoxy groups -OCH3 is 2. The molecule has 1 saturated heterocycles. The van der Waals surface area contributed by atoms with Crippen LogP contribution in [-0.4, -0.2) is 32.8 Å². The van der Waals surface area contributed by atoms with Gasteiger partial charge in [0.05, 0.1) is 20.3 Å². The Hall–Kier alpha value is -2.96. The summed E-state index contributed by atoms with van der Waals surface area (Å²) >= 11 is 0. The average Bonchev–Trinajstić information content (AvgIpc) is 2.58. The maximum absolute atomic E-state index is 12.4. The van der Waals surface area contributed by atoms with E-state index in [-0.39, 0.29) is 12.3 Å². The molecule has 2 N–H and O–H groups in total. The first-order chi connectivity index (χ1) is 11.5. The quantitative estimate of drug-likeness (QED) is 0.614. The standard InChI is InChI=1S/C17H20N2O5/c1-5-8-24-16(20)14-10(2)18-17(21)19-15(14)12-9-11(22-3)6-7-13(12)23-4/h5-7,9,14-15H,1-2,8H2,3-4H3,(H2,18,19,21)/t14-,15+/m1/s1. The van der Waals surface area contributed by atoms with Gasteiger partial charge in [-0.25, -0.2) is 4.79 Å². The van der Waals surface area contributed by atoms with Crippen LogP contribution >= 0.6 is 0 Å². The van der Waals surface area contributed by atoms with Crippen molar-refractivity contribution in [2.24, 2.45) is 5.92 Å². The Kier molecular flexibility index (Phi) is 5.47. The zero-order chi connectivity index (χ0) is 17.7. The largest absolute Gasteiger partial charge is 0.497 e. The fourth-order valence-electron chi connectivity index (χ4n) is 2.53. The van der Waals surface area contributed by atoms with E-state index in [1.165, 1.54) is 20.3 Å². The normalized spacial score (nSPS) is 19.8. The van der Waals surface area contributed by atoms with Gasteiger partial charge in [0.2, 0.25) is 0 Å². The lowest BCUT2D eigenvalue weighted by Gasteiger charge is -2.33. The number of rotatable bonds is 6. The van der Waals surface area contributed by atoms with Crippen molar-refractivity contribution in [2.45, 2.75) is 6.04 Å². The minimum atomic E-state index is -0.816. The van der Waals surface area contributed by atoms with Crippen LogP contribution in [0.15, 0.2) is 43.1 Å². The van der Waals surface area contributed by atoms with Gasteiger partial charge in [-0.15, -0.1) is 0 Å². The van der Waals surface area contributed by atoms with Gasteiger partial charge < -0.3 is 24.8 Å². The van der Waals surface area contributed by atoms with Crippen molar-refractivity contribution < 1.29 is 23.8 Å². The van der Waals surface area contributed by atoms with Gasteiger partial charge in [-0.05, 0) is 18.2 Å². The van der Waals surface area contributed by atoms with Crippen molar-refractivity contribution in [1.29, 1.82) is 0 Å². The van der Waals surface area contributed by atoms with Gasteiger partial charge >= 0.3 is 12.0 Å². The topological polar surface area (TPSA) is 85.9 Å². The summed E-state index contributed by atoms with van der Waals surface area (Å²) < 4.78 is 15.7. The molecule has 0 radical (unpaired) electrons. The minimum Gasteiger partial charge on any atom is -0.497 e. The summed E-state index contributed by atoms with van der Waals surface area (Å²) in [5.74, 6) is -0.259. The molecule has 0 spiro atoms. The summed E-state index contributed by atoms with van der Waals surface area (Å²) in [5.41, 5.74) is 0.844. The molecule has 1 fully saturated rings. The number of urea groups is 1. The molecule has 2 rings (SSSR count). The molecule has 0 aromatic heterocycles. The number of carbonyl (C=O) groups excluding carboxylic acids is 2. The van der Waals surface area contributed by atoms with Crippen LogP contribution in [0.3, 0.4) is 0 Å². The smallest absolute Gasteiger partial charge is 0.319 e. The molecule has 1 heterocycles. The summed E-state index contributed by atoms with van der Waals surface area (Å²) in [5, 5.41) is 5.23. The van der Waals surface area contributed by atoms with Gasteiger partial charge in [-0.2, -0.15) is 0 Å². The minimum absolute atomic E-state index is 0.0680. The van der Waals surface area contributed by atoms with E-state index in [1.54, 1.807) is 18.2 Å². The highest BCUT2D eigenvalue weighted by Gasteiger charge is 2.40. The van der Waals surface area contributed by atoms with Gasteiger partial charge in [0.1, 0.15) is 24.0 Å². The van der Waals surface area contributed by atoms with Crippen LogP contribution < -0.4 is 20.1 Å². The third-order valence-electron chi connectivity index (χ3n) is 3.64. The molecule has 1 aliphatic rings. The summed E-state index contributed by atoms with van der Waals surface area (Å²) in [7, 11) is 3.04. The molecule has 0 unspecified atom stereocenters. The van der Waals surface area contributed by atoms with Crippen LogP contribution in [0.1, 0.15) is 11.6 Å². The predicted molar refractivity (Wildman–Crippen MR) is 87.7 cm³/mol. The van der Waals surface area contributed by atoms with E-state index in [0.717, 1.165) is 0 Å². The van der Waals surface area contributed by atoms with Crippen molar-refractivity contribution in [2.75, 3.05) is 20.8 Å². The van der Waals surface area contributed by atoms with E-state index in [1.807, 2.05) is 0 Å². The van der Waals surface area contributed by atoms with E-state index in [4.69, 9.17) is 14.2 Å². The number of hydrogen-bond donors (Lipinski definition) is 2. The Labute approximate surface area is 140 Å². The Morgan fingerprint density at radius 2 is 2.08 bits per heavy atom. The Morgan fingerprint density at radius 1 is 1.33 bits per heavy atom. The van der Waals surface area contributed by atoms with E-state index in [2.05, 4.69) is 23.8 Å². The molecule has 1 aromatic rings. The summed E-state index contributed by atoms with van der Waals surface area (Å²) in [4.78, 5) is 24.3. The van der Waals surface area contributed by atoms with Crippen molar-refractivity contribution in [1.82, 2.24) is 10.6 Å². The van der Waals surface area contributed by atoms with E-state index in [0.29, 0.717) is 17.1 Å². The van der Waals surface area contributed by atoms with Gasteiger partial charge in [-0.1, -0.05) is 19.2 Å². The van der Waals surface area contributed by atoms with Crippen molar-refractivity contribution in [3.63, 3.8) is 0 Å². The zero-order valence-corrected chi connectivity index (χ0v) is 13.6. The SMILES string of the molecule is C=CCOC(=O)[C@@H]1C(=C)NC(=O)N[C@H]1c1cc(OC)ccc1OC. The summed E-state index contributed by atoms with van der Waals surface area (Å²) in [6.45, 7) is 7.36. The molecular weight excluding hydrogens is 312 g/mol. The first-order valence-corrected chi connectivity index (χ1v) is 7.27. The maximum atomic E-state index is 12.4. The molecule has 0 saturated carbocycles. The summed E-state index contributed by atoms with van der Waals surface area (Å²) in [6.07, 6.45) is 1.47. The number of esters is 1. The number of amides is 2. The second-order valence-corrected chi connectivity index (χ2v) is 5.11. The Balaban J connectivity index is 2.45. The lowest BCUT2D eigenvalue weighted by Crippen LogP contribution is -2.51. The molecular formula is C17H20N2O5. The van der Waals surface area contributed by atoms with Gasteiger partial charge in [0, 0.05) is 11.3 Å². The van der Waals surface area contributed by atoms with Crippen molar-refractivity contribution >= 4 is 12.0 Å². The second-order valence-electron chi connectivity index (χ2n) is 5.11. The highest BCUT2D eigenvalue weighted by Crippen LogP contribution is 2.37. The third kappa shape index (κ3) is 3.51. The van der Waals surface area contributed by atoms with Crippen LogP contribution in [0.2, 0.25) is 0 Å². The molecule has 1 aliphatic heterocycles. The maximum Gasteiger partial charge on any atom is 0.319 e. The molecule has 1 aromatic carbocycles. The average molecular weight is 332 g/mol. The fraction of sp³-hybridized carbons (Fsp3) is 0.294.